The monoisotopic (exact) mass is 491 g/mol. The molecule has 0 amide bonds. The second-order valence-electron chi connectivity index (χ2n) is 11.6. The Morgan fingerprint density at radius 2 is 0.400 bits per heavy atom. The predicted molar refractivity (Wildman–Crippen MR) is 164 cm³/mol. The number of hydrogen-bond donors (Lipinski definition) is 0. The van der Waals surface area contributed by atoms with Crippen molar-refractivity contribution in [1.82, 2.24) is 0 Å². The fraction of sp³-hybridized carbons (Fsp3) is 0.943. The van der Waals surface area contributed by atoms with E-state index < -0.39 is 0 Å². The van der Waals surface area contributed by atoms with Gasteiger partial charge in [0, 0.05) is 0 Å². The molecular formula is C35H70. The van der Waals surface area contributed by atoms with Crippen molar-refractivity contribution in [3.8, 4) is 0 Å². The van der Waals surface area contributed by atoms with Gasteiger partial charge in [-0.2, -0.15) is 0 Å². The molecule has 0 aromatic carbocycles. The van der Waals surface area contributed by atoms with Gasteiger partial charge in [-0.15, -0.1) is 0 Å². The Hall–Kier alpha value is -0.260. The predicted octanol–water partition coefficient (Wildman–Crippen LogP) is 13.7. The van der Waals surface area contributed by atoms with Crippen LogP contribution in [0.3, 0.4) is 0 Å². The Balaban J connectivity index is 3.05. The number of rotatable bonds is 31. The zero-order chi connectivity index (χ0) is 25.3. The van der Waals surface area contributed by atoms with Gasteiger partial charge in [0.05, 0.1) is 0 Å². The first-order valence-electron chi connectivity index (χ1n) is 17.1. The van der Waals surface area contributed by atoms with E-state index in [0.717, 1.165) is 0 Å². The highest BCUT2D eigenvalue weighted by Crippen LogP contribution is 2.16. The van der Waals surface area contributed by atoms with Gasteiger partial charge in [0.1, 0.15) is 0 Å². The zero-order valence-electron chi connectivity index (χ0n) is 25.1. The number of hydrogen-bond acceptors (Lipinski definition) is 0. The fourth-order valence-electron chi connectivity index (χ4n) is 5.33. The van der Waals surface area contributed by atoms with Crippen LogP contribution >= 0.6 is 0 Å². The molecule has 0 bridgehead atoms. The summed E-state index contributed by atoms with van der Waals surface area (Å²) < 4.78 is 0. The van der Waals surface area contributed by atoms with Crippen LogP contribution in [0.4, 0.5) is 0 Å². The molecule has 0 fully saturated rings. The first-order chi connectivity index (χ1) is 17.4. The quantitative estimate of drug-likeness (QED) is 0.0669. The van der Waals surface area contributed by atoms with Gasteiger partial charge >= 0.3 is 0 Å². The average Bonchev–Trinajstić information content (AvgIpc) is 2.87. The van der Waals surface area contributed by atoms with Crippen LogP contribution in [0.5, 0.6) is 0 Å². The third-order valence-corrected chi connectivity index (χ3v) is 7.87. The number of allylic oxidation sites excluding steroid dienone is 2. The van der Waals surface area contributed by atoms with Crippen LogP contribution in [-0.4, -0.2) is 0 Å². The summed E-state index contributed by atoms with van der Waals surface area (Å²) in [5.74, 6) is 0. The third-order valence-electron chi connectivity index (χ3n) is 7.87. The van der Waals surface area contributed by atoms with Crippen molar-refractivity contribution in [3.05, 3.63) is 12.2 Å². The van der Waals surface area contributed by atoms with Gasteiger partial charge in [-0.1, -0.05) is 199 Å². The maximum atomic E-state index is 2.45. The summed E-state index contributed by atoms with van der Waals surface area (Å²) in [5.41, 5.74) is 0. The van der Waals surface area contributed by atoms with Crippen molar-refractivity contribution in [1.29, 1.82) is 0 Å². The van der Waals surface area contributed by atoms with Crippen LogP contribution in [0.15, 0.2) is 12.2 Å². The van der Waals surface area contributed by atoms with Crippen molar-refractivity contribution in [2.24, 2.45) is 0 Å². The maximum absolute atomic E-state index is 2.45. The first-order valence-corrected chi connectivity index (χ1v) is 17.1. The maximum Gasteiger partial charge on any atom is -0.0351 e. The summed E-state index contributed by atoms with van der Waals surface area (Å²) in [6.45, 7) is 4.60. The molecule has 0 heteroatoms. The van der Waals surface area contributed by atoms with E-state index in [1.807, 2.05) is 0 Å². The van der Waals surface area contributed by atoms with Gasteiger partial charge in [-0.25, -0.2) is 0 Å². The van der Waals surface area contributed by atoms with Crippen molar-refractivity contribution >= 4 is 0 Å². The molecule has 0 aliphatic rings. The molecule has 0 saturated heterocycles. The molecule has 0 spiro atoms. The summed E-state index contributed by atoms with van der Waals surface area (Å²) in [6.07, 6.45) is 49.9. The van der Waals surface area contributed by atoms with Gasteiger partial charge in [0.2, 0.25) is 0 Å². The van der Waals surface area contributed by atoms with Crippen LogP contribution in [0, 0.1) is 0 Å². The topological polar surface area (TPSA) is 0 Å². The molecular weight excluding hydrogens is 420 g/mol. The van der Waals surface area contributed by atoms with Crippen LogP contribution in [0.25, 0.3) is 0 Å². The molecule has 210 valence electrons. The van der Waals surface area contributed by atoms with E-state index in [-0.39, 0.29) is 0 Å². The smallest absolute Gasteiger partial charge is 0.0351 e. The van der Waals surface area contributed by atoms with Crippen molar-refractivity contribution < 1.29 is 0 Å². The largest absolute Gasteiger partial charge is 0.0885 e. The molecule has 0 N–H and O–H groups in total. The van der Waals surface area contributed by atoms with Crippen molar-refractivity contribution in [2.75, 3.05) is 0 Å². The summed E-state index contributed by atoms with van der Waals surface area (Å²) in [5, 5.41) is 0. The fourth-order valence-corrected chi connectivity index (χ4v) is 5.33. The summed E-state index contributed by atoms with van der Waals surface area (Å²) in [7, 11) is 0. The van der Waals surface area contributed by atoms with E-state index in [2.05, 4.69) is 26.0 Å². The molecule has 0 heterocycles. The van der Waals surface area contributed by atoms with E-state index >= 15 is 0 Å². The lowest BCUT2D eigenvalue weighted by atomic mass is 10.0. The van der Waals surface area contributed by atoms with Crippen LogP contribution in [-0.2, 0) is 0 Å². The highest BCUT2D eigenvalue weighted by Gasteiger charge is 1.96. The molecule has 0 aromatic heterocycles. The third kappa shape index (κ3) is 33.7. The van der Waals surface area contributed by atoms with Crippen LogP contribution in [0.1, 0.15) is 213 Å². The Bertz CT molecular complexity index is 368. The summed E-state index contributed by atoms with van der Waals surface area (Å²) in [6, 6.07) is 0. The van der Waals surface area contributed by atoms with Gasteiger partial charge in [-0.3, -0.25) is 0 Å². The molecule has 0 radical (unpaired) electrons. The molecule has 0 aliphatic heterocycles. The van der Waals surface area contributed by atoms with E-state index in [1.165, 1.54) is 199 Å². The molecule has 0 unspecified atom stereocenters. The molecule has 0 aliphatic carbocycles. The minimum absolute atomic E-state index is 1.31. The molecule has 0 atom stereocenters. The number of unbranched alkanes of at least 4 members (excludes halogenated alkanes) is 29. The second-order valence-corrected chi connectivity index (χ2v) is 11.6. The second kappa shape index (κ2) is 33.7. The van der Waals surface area contributed by atoms with Crippen LogP contribution < -0.4 is 0 Å². The van der Waals surface area contributed by atoms with E-state index in [0.29, 0.717) is 0 Å². The van der Waals surface area contributed by atoms with Gasteiger partial charge in [0.15, 0.2) is 0 Å². The van der Waals surface area contributed by atoms with Crippen LogP contribution in [0.2, 0.25) is 0 Å². The Morgan fingerprint density at radius 3 is 0.600 bits per heavy atom. The lowest BCUT2D eigenvalue weighted by molar-refractivity contribution is 0.518. The van der Waals surface area contributed by atoms with E-state index in [9.17, 15) is 0 Å². The summed E-state index contributed by atoms with van der Waals surface area (Å²) >= 11 is 0. The highest BCUT2D eigenvalue weighted by atomic mass is 14.0. The van der Waals surface area contributed by atoms with Gasteiger partial charge < -0.3 is 0 Å². The SMILES string of the molecule is CCCCCCCC/C=C/CCCCCCCCCCCCCCCCCCCCCCCCC. The molecule has 0 rings (SSSR count). The normalized spacial score (nSPS) is 11.7. The molecule has 35 heavy (non-hydrogen) atoms. The highest BCUT2D eigenvalue weighted by molar-refractivity contribution is 4.81. The van der Waals surface area contributed by atoms with Crippen molar-refractivity contribution in [3.63, 3.8) is 0 Å². The minimum Gasteiger partial charge on any atom is -0.0885 e. The van der Waals surface area contributed by atoms with E-state index in [4.69, 9.17) is 0 Å². The lowest BCUT2D eigenvalue weighted by Crippen LogP contribution is -1.84. The Morgan fingerprint density at radius 1 is 0.229 bits per heavy atom. The lowest BCUT2D eigenvalue weighted by Gasteiger charge is -2.04. The van der Waals surface area contributed by atoms with Gasteiger partial charge in [0.25, 0.3) is 0 Å². The Labute approximate surface area is 224 Å². The molecule has 0 saturated carbocycles. The summed E-state index contributed by atoms with van der Waals surface area (Å²) in [4.78, 5) is 0. The van der Waals surface area contributed by atoms with Crippen molar-refractivity contribution in [2.45, 2.75) is 213 Å². The molecule has 0 nitrogen and oxygen atoms in total. The average molecular weight is 491 g/mol. The van der Waals surface area contributed by atoms with E-state index in [1.54, 1.807) is 0 Å². The van der Waals surface area contributed by atoms with Gasteiger partial charge in [-0.05, 0) is 25.7 Å². The minimum atomic E-state index is 1.31. The standard InChI is InChI=1S/C35H70/c1-3-5-7-9-11-13-15-17-19-21-23-25-27-29-31-33-35-34-32-30-28-26-24-22-20-18-16-14-12-10-8-6-4-2/h17,19H,3-16,18,20-35H2,1-2H3/b19-17+. The Kier molecular flexibility index (Phi) is 33.5. The first kappa shape index (κ1) is 34.7. The molecule has 0 aromatic rings. The zero-order valence-corrected chi connectivity index (χ0v) is 25.1.